The van der Waals surface area contributed by atoms with Crippen LogP contribution in [-0.4, -0.2) is 25.5 Å². The molecule has 5 nitrogen and oxygen atoms in total. The standard InChI is InChI=1S/C18H18N2O3/c1-12-7-8-16(23-2)13(9-12)10-18(22)20-11-17(21)19-14-5-3-4-6-15(14)20/h3-9H,10-11H2,1-2H3,(H,19,21). The molecule has 1 aliphatic heterocycles. The van der Waals surface area contributed by atoms with Gasteiger partial charge in [-0.15, -0.1) is 0 Å². The van der Waals surface area contributed by atoms with Crippen LogP contribution in [0.4, 0.5) is 11.4 Å². The maximum absolute atomic E-state index is 12.7. The van der Waals surface area contributed by atoms with E-state index in [1.165, 1.54) is 4.90 Å². The fraction of sp³-hybridized carbons (Fsp3) is 0.222. The van der Waals surface area contributed by atoms with E-state index in [-0.39, 0.29) is 24.8 Å². The van der Waals surface area contributed by atoms with Crippen LogP contribution in [0.2, 0.25) is 0 Å². The maximum atomic E-state index is 12.7. The van der Waals surface area contributed by atoms with Crippen molar-refractivity contribution < 1.29 is 14.3 Å². The summed E-state index contributed by atoms with van der Waals surface area (Å²) in [4.78, 5) is 26.1. The number of ether oxygens (including phenoxy) is 1. The third kappa shape index (κ3) is 3.04. The molecule has 2 aromatic rings. The van der Waals surface area contributed by atoms with E-state index in [0.29, 0.717) is 11.4 Å². The Kier molecular flexibility index (Phi) is 4.02. The molecule has 5 heteroatoms. The van der Waals surface area contributed by atoms with Crippen molar-refractivity contribution in [2.45, 2.75) is 13.3 Å². The highest BCUT2D eigenvalue weighted by atomic mass is 16.5. The SMILES string of the molecule is COc1ccc(C)cc1CC(=O)N1CC(=O)Nc2ccccc21. The number of hydrogen-bond donors (Lipinski definition) is 1. The highest BCUT2D eigenvalue weighted by molar-refractivity contribution is 6.10. The first-order valence-corrected chi connectivity index (χ1v) is 7.41. The lowest BCUT2D eigenvalue weighted by Gasteiger charge is -2.29. The molecule has 118 valence electrons. The Morgan fingerprint density at radius 2 is 2.04 bits per heavy atom. The third-order valence-corrected chi connectivity index (χ3v) is 3.85. The van der Waals surface area contributed by atoms with Gasteiger partial charge in [-0.1, -0.05) is 29.8 Å². The van der Waals surface area contributed by atoms with Crippen molar-refractivity contribution in [1.82, 2.24) is 0 Å². The molecular weight excluding hydrogens is 292 g/mol. The number of nitrogens with one attached hydrogen (secondary N) is 1. The zero-order valence-corrected chi connectivity index (χ0v) is 13.1. The molecule has 0 radical (unpaired) electrons. The molecular formula is C18H18N2O3. The van der Waals surface area contributed by atoms with E-state index >= 15 is 0 Å². The van der Waals surface area contributed by atoms with E-state index in [1.54, 1.807) is 13.2 Å². The van der Waals surface area contributed by atoms with E-state index in [2.05, 4.69) is 5.32 Å². The lowest BCUT2D eigenvalue weighted by atomic mass is 10.1. The molecule has 0 fully saturated rings. The van der Waals surface area contributed by atoms with Crippen molar-refractivity contribution in [3.8, 4) is 5.75 Å². The molecule has 2 aromatic carbocycles. The lowest BCUT2D eigenvalue weighted by Crippen LogP contribution is -2.42. The Balaban J connectivity index is 1.90. The van der Waals surface area contributed by atoms with Gasteiger partial charge in [-0.2, -0.15) is 0 Å². The van der Waals surface area contributed by atoms with E-state index in [4.69, 9.17) is 4.74 Å². The zero-order valence-electron chi connectivity index (χ0n) is 13.1. The summed E-state index contributed by atoms with van der Waals surface area (Å²) in [5, 5.41) is 2.78. The van der Waals surface area contributed by atoms with Crippen LogP contribution >= 0.6 is 0 Å². The van der Waals surface area contributed by atoms with Crippen molar-refractivity contribution in [2.75, 3.05) is 23.9 Å². The number of para-hydroxylation sites is 2. The molecule has 1 N–H and O–H groups in total. The molecule has 0 aliphatic carbocycles. The number of hydrogen-bond acceptors (Lipinski definition) is 3. The van der Waals surface area contributed by atoms with E-state index in [1.807, 2.05) is 43.3 Å². The van der Waals surface area contributed by atoms with Crippen LogP contribution in [0.25, 0.3) is 0 Å². The molecule has 0 spiro atoms. The molecule has 1 aliphatic rings. The van der Waals surface area contributed by atoms with Crippen LogP contribution in [-0.2, 0) is 16.0 Å². The van der Waals surface area contributed by atoms with Gasteiger partial charge >= 0.3 is 0 Å². The second kappa shape index (κ2) is 6.12. The Labute approximate surface area is 134 Å². The van der Waals surface area contributed by atoms with Gasteiger partial charge < -0.3 is 15.0 Å². The minimum Gasteiger partial charge on any atom is -0.496 e. The summed E-state index contributed by atoms with van der Waals surface area (Å²) in [6, 6.07) is 13.0. The Morgan fingerprint density at radius 1 is 1.26 bits per heavy atom. The van der Waals surface area contributed by atoms with Crippen molar-refractivity contribution in [1.29, 1.82) is 0 Å². The van der Waals surface area contributed by atoms with Gasteiger partial charge in [-0.3, -0.25) is 9.59 Å². The number of carbonyl (C=O) groups excluding carboxylic acids is 2. The van der Waals surface area contributed by atoms with Gasteiger partial charge in [0.05, 0.1) is 24.9 Å². The quantitative estimate of drug-likeness (QED) is 0.948. The van der Waals surface area contributed by atoms with Crippen LogP contribution in [0.1, 0.15) is 11.1 Å². The Bertz CT molecular complexity index is 771. The molecule has 3 rings (SSSR count). The maximum Gasteiger partial charge on any atom is 0.244 e. The van der Waals surface area contributed by atoms with Crippen LogP contribution < -0.4 is 15.0 Å². The molecule has 0 saturated heterocycles. The number of methoxy groups -OCH3 is 1. The monoisotopic (exact) mass is 310 g/mol. The Hall–Kier alpha value is -2.82. The number of nitrogens with zero attached hydrogens (tertiary/aromatic N) is 1. The summed E-state index contributed by atoms with van der Waals surface area (Å²) < 4.78 is 5.33. The normalized spacial score (nSPS) is 13.3. The first-order valence-electron chi connectivity index (χ1n) is 7.41. The van der Waals surface area contributed by atoms with Gasteiger partial charge in [0.15, 0.2) is 0 Å². The fourth-order valence-electron chi connectivity index (χ4n) is 2.76. The summed E-state index contributed by atoms with van der Waals surface area (Å²) in [6.45, 7) is 2.00. The van der Waals surface area contributed by atoms with E-state index < -0.39 is 0 Å². The number of amides is 2. The largest absolute Gasteiger partial charge is 0.496 e. The molecule has 0 unspecified atom stereocenters. The lowest BCUT2D eigenvalue weighted by molar-refractivity contribution is -0.121. The average molecular weight is 310 g/mol. The predicted molar refractivity (Wildman–Crippen MR) is 88.9 cm³/mol. The molecule has 0 atom stereocenters. The Morgan fingerprint density at radius 3 is 2.83 bits per heavy atom. The zero-order chi connectivity index (χ0) is 16.4. The topological polar surface area (TPSA) is 58.6 Å². The number of carbonyl (C=O) groups is 2. The average Bonchev–Trinajstić information content (AvgIpc) is 2.54. The minimum atomic E-state index is -0.187. The van der Waals surface area contributed by atoms with Gasteiger partial charge in [0.1, 0.15) is 12.3 Å². The number of aryl methyl sites for hydroxylation is 1. The summed E-state index contributed by atoms with van der Waals surface area (Å²) >= 11 is 0. The van der Waals surface area contributed by atoms with Gasteiger partial charge in [0, 0.05) is 5.56 Å². The summed E-state index contributed by atoms with van der Waals surface area (Å²) in [5.74, 6) is 0.364. The fourth-order valence-corrected chi connectivity index (χ4v) is 2.76. The number of rotatable bonds is 3. The molecule has 23 heavy (non-hydrogen) atoms. The van der Waals surface area contributed by atoms with Crippen LogP contribution in [0.5, 0.6) is 5.75 Å². The van der Waals surface area contributed by atoms with Gasteiger partial charge in [-0.05, 0) is 25.1 Å². The van der Waals surface area contributed by atoms with Crippen molar-refractivity contribution in [3.05, 3.63) is 53.6 Å². The number of anilines is 2. The van der Waals surface area contributed by atoms with Gasteiger partial charge in [0.25, 0.3) is 0 Å². The van der Waals surface area contributed by atoms with Crippen LogP contribution in [0.15, 0.2) is 42.5 Å². The highest BCUT2D eigenvalue weighted by Crippen LogP contribution is 2.30. The second-order valence-electron chi connectivity index (χ2n) is 5.54. The van der Waals surface area contributed by atoms with Crippen molar-refractivity contribution in [2.24, 2.45) is 0 Å². The second-order valence-corrected chi connectivity index (χ2v) is 5.54. The third-order valence-electron chi connectivity index (χ3n) is 3.85. The van der Waals surface area contributed by atoms with Crippen molar-refractivity contribution >= 4 is 23.2 Å². The molecule has 0 saturated carbocycles. The molecule has 1 heterocycles. The summed E-state index contributed by atoms with van der Waals surface area (Å²) in [6.07, 6.45) is 0.187. The minimum absolute atomic E-state index is 0.0317. The van der Waals surface area contributed by atoms with Gasteiger partial charge in [0.2, 0.25) is 11.8 Å². The van der Waals surface area contributed by atoms with Gasteiger partial charge in [-0.25, -0.2) is 0 Å². The van der Waals surface area contributed by atoms with E-state index in [9.17, 15) is 9.59 Å². The highest BCUT2D eigenvalue weighted by Gasteiger charge is 2.27. The first-order chi connectivity index (χ1) is 11.1. The van der Waals surface area contributed by atoms with Crippen molar-refractivity contribution in [3.63, 3.8) is 0 Å². The van der Waals surface area contributed by atoms with Crippen LogP contribution in [0.3, 0.4) is 0 Å². The van der Waals surface area contributed by atoms with Crippen LogP contribution in [0, 0.1) is 6.92 Å². The predicted octanol–water partition coefficient (Wildman–Crippen LogP) is 2.53. The number of fused-ring (bicyclic) bond motifs is 1. The first kappa shape index (κ1) is 15.1. The summed E-state index contributed by atoms with van der Waals surface area (Å²) in [7, 11) is 1.59. The smallest absolute Gasteiger partial charge is 0.244 e. The summed E-state index contributed by atoms with van der Waals surface area (Å²) in [5.41, 5.74) is 3.27. The van der Waals surface area contributed by atoms with E-state index in [0.717, 1.165) is 16.8 Å². The molecule has 0 bridgehead atoms. The molecule has 2 amide bonds. The number of benzene rings is 2. The molecule has 0 aromatic heterocycles.